The number of fused-ring (bicyclic) bond motifs is 1. The molecule has 8 heteroatoms. The molecule has 1 aliphatic heterocycles. The second-order valence-electron chi connectivity index (χ2n) is 8.14. The molecule has 1 amide bonds. The summed E-state index contributed by atoms with van der Waals surface area (Å²) in [6.07, 6.45) is 7.24. The first-order chi connectivity index (χ1) is 15.2. The third-order valence-corrected chi connectivity index (χ3v) is 5.78. The van der Waals surface area contributed by atoms with E-state index in [0.29, 0.717) is 31.5 Å². The van der Waals surface area contributed by atoms with Crippen LogP contribution in [0, 0.1) is 0 Å². The summed E-state index contributed by atoms with van der Waals surface area (Å²) in [6.45, 7) is 3.98. The summed E-state index contributed by atoms with van der Waals surface area (Å²) in [5.74, 6) is 1.59. The minimum absolute atomic E-state index is 0. The maximum atomic E-state index is 12.1. The first-order valence-electron chi connectivity index (χ1n) is 11.2. The number of pyridine rings is 1. The van der Waals surface area contributed by atoms with Gasteiger partial charge in [-0.05, 0) is 55.9 Å². The highest BCUT2D eigenvalue weighted by atomic mass is 127. The molecule has 172 valence electrons. The topological polar surface area (TPSA) is 87.6 Å². The third-order valence-electron chi connectivity index (χ3n) is 5.78. The number of aliphatic imine (C=N–C) groups is 1. The summed E-state index contributed by atoms with van der Waals surface area (Å²) in [5, 5.41) is 9.65. The van der Waals surface area contributed by atoms with Gasteiger partial charge in [0.25, 0.3) is 0 Å². The molecule has 0 radical (unpaired) electrons. The van der Waals surface area contributed by atoms with Crippen LogP contribution in [0.3, 0.4) is 0 Å². The molecule has 1 fully saturated rings. The molecule has 1 aromatic carbocycles. The summed E-state index contributed by atoms with van der Waals surface area (Å²) < 4.78 is 6.01. The lowest BCUT2D eigenvalue weighted by Crippen LogP contribution is -2.40. The normalized spacial score (nSPS) is 18.3. The third kappa shape index (κ3) is 6.57. The van der Waals surface area contributed by atoms with Crippen LogP contribution in [0.5, 0.6) is 5.88 Å². The lowest BCUT2D eigenvalue weighted by molar-refractivity contribution is -0.116. The number of anilines is 1. The highest BCUT2D eigenvalue weighted by Crippen LogP contribution is 2.31. The van der Waals surface area contributed by atoms with Gasteiger partial charge in [0.2, 0.25) is 11.8 Å². The van der Waals surface area contributed by atoms with Crippen molar-refractivity contribution in [3.05, 3.63) is 53.7 Å². The van der Waals surface area contributed by atoms with Crippen molar-refractivity contribution in [3.63, 3.8) is 0 Å². The zero-order valence-corrected chi connectivity index (χ0v) is 20.8. The van der Waals surface area contributed by atoms with Gasteiger partial charge in [0.15, 0.2) is 5.96 Å². The Morgan fingerprint density at radius 1 is 1.22 bits per heavy atom. The van der Waals surface area contributed by atoms with Gasteiger partial charge in [-0.2, -0.15) is 0 Å². The molecule has 32 heavy (non-hydrogen) atoms. The summed E-state index contributed by atoms with van der Waals surface area (Å²) in [7, 11) is 0. The van der Waals surface area contributed by atoms with E-state index >= 15 is 0 Å². The molecule has 0 bridgehead atoms. The van der Waals surface area contributed by atoms with Crippen LogP contribution >= 0.6 is 24.0 Å². The summed E-state index contributed by atoms with van der Waals surface area (Å²) in [4.78, 5) is 21.1. The van der Waals surface area contributed by atoms with Gasteiger partial charge in [-0.1, -0.05) is 18.2 Å². The molecule has 2 aromatic rings. The molecule has 0 spiro atoms. The molecule has 0 saturated heterocycles. The lowest BCUT2D eigenvalue weighted by atomic mass is 9.90. The highest BCUT2D eigenvalue weighted by Gasteiger charge is 2.24. The van der Waals surface area contributed by atoms with Crippen molar-refractivity contribution in [3.8, 4) is 5.88 Å². The van der Waals surface area contributed by atoms with E-state index in [9.17, 15) is 4.79 Å². The van der Waals surface area contributed by atoms with E-state index in [2.05, 4.69) is 27.0 Å². The van der Waals surface area contributed by atoms with E-state index in [-0.39, 0.29) is 35.8 Å². The Morgan fingerprint density at radius 2 is 2.03 bits per heavy atom. The van der Waals surface area contributed by atoms with Crippen molar-refractivity contribution in [1.29, 1.82) is 0 Å². The van der Waals surface area contributed by atoms with E-state index in [4.69, 9.17) is 9.73 Å². The number of para-hydroxylation sites is 1. The number of hydrogen-bond acceptors (Lipinski definition) is 4. The SMILES string of the molecule is CCNC(=NCc1ccnc(OC2CCCC2)c1)NCC1CC(=O)Nc2ccccc21.I. The van der Waals surface area contributed by atoms with Gasteiger partial charge >= 0.3 is 0 Å². The van der Waals surface area contributed by atoms with E-state index in [1.54, 1.807) is 6.20 Å². The molecule has 1 unspecified atom stereocenters. The number of rotatable bonds is 7. The molecule has 3 N–H and O–H groups in total. The molecular weight excluding hydrogens is 517 g/mol. The molecule has 7 nitrogen and oxygen atoms in total. The Bertz CT molecular complexity index is 930. The first kappa shape index (κ1) is 24.3. The predicted octanol–water partition coefficient (Wildman–Crippen LogP) is 4.20. The molecule has 4 rings (SSSR count). The van der Waals surface area contributed by atoms with Crippen LogP contribution in [0.15, 0.2) is 47.6 Å². The zero-order valence-electron chi connectivity index (χ0n) is 18.5. The second-order valence-corrected chi connectivity index (χ2v) is 8.14. The van der Waals surface area contributed by atoms with Gasteiger partial charge in [0, 0.05) is 43.4 Å². The largest absolute Gasteiger partial charge is 0.474 e. The molecule has 1 aliphatic carbocycles. The van der Waals surface area contributed by atoms with Crippen molar-refractivity contribution < 1.29 is 9.53 Å². The summed E-state index contributed by atoms with van der Waals surface area (Å²) >= 11 is 0. The van der Waals surface area contributed by atoms with Crippen molar-refractivity contribution in [1.82, 2.24) is 15.6 Å². The Hall–Kier alpha value is -2.36. The zero-order chi connectivity index (χ0) is 21.5. The van der Waals surface area contributed by atoms with Gasteiger partial charge in [-0.3, -0.25) is 4.79 Å². The average Bonchev–Trinajstić information content (AvgIpc) is 3.28. The minimum atomic E-state index is 0. The van der Waals surface area contributed by atoms with E-state index < -0.39 is 0 Å². The number of ether oxygens (including phenoxy) is 1. The number of nitrogens with one attached hydrogen (secondary N) is 3. The van der Waals surface area contributed by atoms with Crippen molar-refractivity contribution in [2.24, 2.45) is 4.99 Å². The number of halogens is 1. The Morgan fingerprint density at radius 3 is 2.84 bits per heavy atom. The Balaban J connectivity index is 0.00000289. The van der Waals surface area contributed by atoms with Crippen LogP contribution in [0.1, 0.15) is 56.1 Å². The van der Waals surface area contributed by atoms with E-state index in [1.807, 2.05) is 37.3 Å². The average molecular weight is 549 g/mol. The number of aromatic nitrogens is 1. The van der Waals surface area contributed by atoms with Crippen LogP contribution in [0.4, 0.5) is 5.69 Å². The number of benzene rings is 1. The Kier molecular flexibility index (Phi) is 9.13. The van der Waals surface area contributed by atoms with Crippen molar-refractivity contribution in [2.75, 3.05) is 18.4 Å². The number of carbonyl (C=O) groups is 1. The molecule has 2 aliphatic rings. The second kappa shape index (κ2) is 12.0. The minimum Gasteiger partial charge on any atom is -0.474 e. The van der Waals surface area contributed by atoms with Crippen LogP contribution in [-0.2, 0) is 11.3 Å². The number of nitrogens with zero attached hydrogens (tertiary/aromatic N) is 2. The van der Waals surface area contributed by atoms with Gasteiger partial charge in [-0.15, -0.1) is 24.0 Å². The van der Waals surface area contributed by atoms with Crippen LogP contribution in [0.25, 0.3) is 0 Å². The monoisotopic (exact) mass is 549 g/mol. The maximum Gasteiger partial charge on any atom is 0.225 e. The van der Waals surface area contributed by atoms with Crippen LogP contribution in [-0.4, -0.2) is 36.0 Å². The van der Waals surface area contributed by atoms with Crippen molar-refractivity contribution >= 4 is 41.5 Å². The molecule has 1 atom stereocenters. The molecule has 1 saturated carbocycles. The summed E-state index contributed by atoms with van der Waals surface area (Å²) in [5.41, 5.74) is 3.12. The van der Waals surface area contributed by atoms with Gasteiger partial charge in [0.05, 0.1) is 6.54 Å². The number of guanidine groups is 1. The maximum absolute atomic E-state index is 12.1. The fraction of sp³-hybridized carbons (Fsp3) is 0.458. The fourth-order valence-electron chi connectivity index (χ4n) is 4.21. The first-order valence-corrected chi connectivity index (χ1v) is 11.2. The molecule has 1 aromatic heterocycles. The fourth-order valence-corrected chi connectivity index (χ4v) is 4.21. The quantitative estimate of drug-likeness (QED) is 0.274. The van der Waals surface area contributed by atoms with Crippen LogP contribution in [0.2, 0.25) is 0 Å². The standard InChI is InChI=1S/C24H31N5O2.HI/c1-2-25-24(28-16-18-14-22(30)29-21-10-6-5-9-20(18)21)27-15-17-11-12-26-23(13-17)31-19-7-3-4-8-19;/h5-6,9-13,18-19H,2-4,7-8,14-16H2,1H3,(H,29,30)(H2,25,27,28);1H. The Labute approximate surface area is 206 Å². The molecular formula is C24H32IN5O2. The lowest BCUT2D eigenvalue weighted by Gasteiger charge is -2.26. The van der Waals surface area contributed by atoms with Gasteiger partial charge in [0.1, 0.15) is 6.10 Å². The van der Waals surface area contributed by atoms with Gasteiger partial charge in [-0.25, -0.2) is 9.98 Å². The van der Waals surface area contributed by atoms with Crippen LogP contribution < -0.4 is 20.7 Å². The number of carbonyl (C=O) groups excluding carboxylic acids is 1. The number of hydrogen-bond donors (Lipinski definition) is 3. The number of amides is 1. The van der Waals surface area contributed by atoms with Crippen molar-refractivity contribution in [2.45, 2.75) is 57.6 Å². The highest BCUT2D eigenvalue weighted by molar-refractivity contribution is 14.0. The van der Waals surface area contributed by atoms with E-state index in [1.165, 1.54) is 12.8 Å². The van der Waals surface area contributed by atoms with Gasteiger partial charge < -0.3 is 20.7 Å². The predicted molar refractivity (Wildman–Crippen MR) is 138 cm³/mol. The smallest absolute Gasteiger partial charge is 0.225 e. The van der Waals surface area contributed by atoms with E-state index in [0.717, 1.165) is 42.2 Å². The summed E-state index contributed by atoms with van der Waals surface area (Å²) in [6, 6.07) is 11.9. The molecule has 2 heterocycles.